The van der Waals surface area contributed by atoms with Gasteiger partial charge in [0.15, 0.2) is 0 Å². The summed E-state index contributed by atoms with van der Waals surface area (Å²) in [4.78, 5) is 24.4. The van der Waals surface area contributed by atoms with Crippen molar-refractivity contribution in [1.29, 1.82) is 0 Å². The molecule has 0 saturated heterocycles. The van der Waals surface area contributed by atoms with Crippen molar-refractivity contribution in [1.82, 2.24) is 5.48 Å². The van der Waals surface area contributed by atoms with E-state index in [1.54, 1.807) is 41.5 Å². The second-order valence-electron chi connectivity index (χ2n) is 7.30. The van der Waals surface area contributed by atoms with Crippen molar-refractivity contribution >= 4 is 11.8 Å². The van der Waals surface area contributed by atoms with Crippen LogP contribution in [0.3, 0.4) is 0 Å². The van der Waals surface area contributed by atoms with Gasteiger partial charge in [0.05, 0.1) is 5.56 Å². The van der Waals surface area contributed by atoms with Gasteiger partial charge in [0.2, 0.25) is 0 Å². The van der Waals surface area contributed by atoms with Crippen molar-refractivity contribution in [3.05, 3.63) is 35.4 Å². The van der Waals surface area contributed by atoms with Crippen LogP contribution in [0.2, 0.25) is 0 Å². The molecule has 0 unspecified atom stereocenters. The van der Waals surface area contributed by atoms with Crippen LogP contribution >= 0.6 is 0 Å². The standard InChI is InChI=1S/C16H24N2O4/c1-15(2,3)18(22,16(4,5)6)14(20)12-9-7-8-11(10-12)13(19)17-21/h7-10,22H,1-6H3,(H-,17,19,21)/p+1. The number of rotatable bonds is 2. The lowest BCUT2D eigenvalue weighted by Gasteiger charge is -2.47. The zero-order valence-electron chi connectivity index (χ0n) is 14.0. The minimum Gasteiger partial charge on any atom is -0.288 e. The first-order valence-corrected chi connectivity index (χ1v) is 7.07. The van der Waals surface area contributed by atoms with Crippen LogP contribution < -0.4 is 5.48 Å². The SMILES string of the molecule is CC(C)(C)[N+](O)(C(=O)c1cccc(C(=O)NO)c1)C(C)(C)C. The number of carbonyl (C=O) groups is 2. The lowest BCUT2D eigenvalue weighted by Crippen LogP contribution is -2.70. The normalized spacial score (nSPS) is 12.9. The molecule has 0 spiro atoms. The van der Waals surface area contributed by atoms with Crippen molar-refractivity contribution in [3.8, 4) is 0 Å². The van der Waals surface area contributed by atoms with Crippen LogP contribution in [0.4, 0.5) is 0 Å². The summed E-state index contributed by atoms with van der Waals surface area (Å²) in [6, 6.07) is 5.90. The van der Waals surface area contributed by atoms with Gasteiger partial charge in [0, 0.05) is 5.56 Å². The molecule has 0 bridgehead atoms. The number of nitrogens with one attached hydrogen (secondary N) is 1. The molecule has 1 rings (SSSR count). The van der Waals surface area contributed by atoms with Crippen molar-refractivity contribution in [2.75, 3.05) is 0 Å². The van der Waals surface area contributed by atoms with Crippen LogP contribution in [0, 0.1) is 0 Å². The molecule has 0 aliphatic carbocycles. The number of nitrogens with zero attached hydrogens (tertiary/aromatic N) is 1. The van der Waals surface area contributed by atoms with E-state index in [9.17, 15) is 14.8 Å². The number of quaternary nitrogens is 1. The molecule has 6 heteroatoms. The molecule has 0 saturated carbocycles. The number of hydrogen-bond donors (Lipinski definition) is 3. The van der Waals surface area contributed by atoms with Gasteiger partial charge in [-0.3, -0.25) is 10.0 Å². The van der Waals surface area contributed by atoms with Crippen LogP contribution in [-0.2, 0) is 0 Å². The van der Waals surface area contributed by atoms with E-state index in [2.05, 4.69) is 0 Å². The summed E-state index contributed by atoms with van der Waals surface area (Å²) in [5.41, 5.74) is 0.354. The highest BCUT2D eigenvalue weighted by Crippen LogP contribution is 2.35. The maximum Gasteiger partial charge on any atom is 0.378 e. The molecule has 0 fully saturated rings. The van der Waals surface area contributed by atoms with Crippen LogP contribution in [-0.4, -0.2) is 38.0 Å². The van der Waals surface area contributed by atoms with E-state index in [-0.39, 0.29) is 11.1 Å². The van der Waals surface area contributed by atoms with Crippen molar-refractivity contribution in [2.24, 2.45) is 0 Å². The van der Waals surface area contributed by atoms with Gasteiger partial charge in [-0.05, 0) is 59.7 Å². The Hall–Kier alpha value is -1.76. The van der Waals surface area contributed by atoms with E-state index < -0.39 is 27.5 Å². The molecule has 1 aromatic carbocycles. The molecule has 1 aromatic rings. The second kappa shape index (κ2) is 5.79. The summed E-state index contributed by atoms with van der Waals surface area (Å²) in [5, 5.41) is 19.8. The van der Waals surface area contributed by atoms with Crippen molar-refractivity contribution in [3.63, 3.8) is 0 Å². The first-order chi connectivity index (χ1) is 9.86. The quantitative estimate of drug-likeness (QED) is 0.445. The molecule has 22 heavy (non-hydrogen) atoms. The Kier molecular flexibility index (Phi) is 4.82. The topological polar surface area (TPSA) is 86.6 Å². The predicted molar refractivity (Wildman–Crippen MR) is 81.6 cm³/mol. The molecule has 2 amide bonds. The maximum absolute atomic E-state index is 13.0. The summed E-state index contributed by atoms with van der Waals surface area (Å²) < 4.78 is -0.815. The first kappa shape index (κ1) is 18.3. The number of benzene rings is 1. The number of amides is 2. The van der Waals surface area contributed by atoms with Gasteiger partial charge in [0.1, 0.15) is 11.1 Å². The lowest BCUT2D eigenvalue weighted by molar-refractivity contribution is -1.10. The number of hydrogen-bond acceptors (Lipinski definition) is 4. The van der Waals surface area contributed by atoms with Gasteiger partial charge < -0.3 is 0 Å². The van der Waals surface area contributed by atoms with Gasteiger partial charge in [-0.2, -0.15) is 0 Å². The fourth-order valence-corrected chi connectivity index (χ4v) is 2.66. The number of carbonyl (C=O) groups excluding carboxylic acids is 2. The van der Waals surface area contributed by atoms with E-state index in [0.29, 0.717) is 0 Å². The summed E-state index contributed by atoms with van der Waals surface area (Å²) >= 11 is 0. The van der Waals surface area contributed by atoms with Crippen molar-refractivity contribution in [2.45, 2.75) is 52.6 Å². The molecule has 0 atom stereocenters. The average molecular weight is 309 g/mol. The predicted octanol–water partition coefficient (Wildman–Crippen LogP) is 2.75. The largest absolute Gasteiger partial charge is 0.378 e. The molecule has 0 aliphatic heterocycles. The molecule has 6 nitrogen and oxygen atoms in total. The monoisotopic (exact) mass is 309 g/mol. The third-order valence-electron chi connectivity index (χ3n) is 3.71. The minimum atomic E-state index is -0.815. The Labute approximate surface area is 130 Å². The van der Waals surface area contributed by atoms with E-state index in [0.717, 1.165) is 0 Å². The fourth-order valence-electron chi connectivity index (χ4n) is 2.66. The van der Waals surface area contributed by atoms with E-state index in [4.69, 9.17) is 5.21 Å². The van der Waals surface area contributed by atoms with Gasteiger partial charge in [0.25, 0.3) is 5.91 Å². The molecule has 0 aliphatic rings. The van der Waals surface area contributed by atoms with Gasteiger partial charge in [-0.15, -0.1) is 4.65 Å². The summed E-state index contributed by atoms with van der Waals surface area (Å²) in [5.74, 6) is -1.22. The fraction of sp³-hybridized carbons (Fsp3) is 0.500. The van der Waals surface area contributed by atoms with E-state index in [1.807, 2.05) is 0 Å². The smallest absolute Gasteiger partial charge is 0.288 e. The minimum absolute atomic E-state index is 0.141. The Morgan fingerprint density at radius 1 is 1.00 bits per heavy atom. The van der Waals surface area contributed by atoms with Crippen LogP contribution in [0.1, 0.15) is 62.3 Å². The summed E-state index contributed by atoms with van der Waals surface area (Å²) in [6.45, 7) is 10.7. The molecule has 0 aromatic heterocycles. The van der Waals surface area contributed by atoms with Crippen LogP contribution in [0.5, 0.6) is 0 Å². The Morgan fingerprint density at radius 3 is 1.86 bits per heavy atom. The van der Waals surface area contributed by atoms with Crippen LogP contribution in [0.25, 0.3) is 0 Å². The maximum atomic E-state index is 13.0. The molecular formula is C16H25N2O4+. The zero-order valence-corrected chi connectivity index (χ0v) is 14.0. The first-order valence-electron chi connectivity index (χ1n) is 7.07. The highest BCUT2D eigenvalue weighted by Gasteiger charge is 2.56. The Morgan fingerprint density at radius 2 is 1.45 bits per heavy atom. The Balaban J connectivity index is 3.42. The van der Waals surface area contributed by atoms with Crippen molar-refractivity contribution < 1.29 is 24.6 Å². The molecular weight excluding hydrogens is 284 g/mol. The highest BCUT2D eigenvalue weighted by atomic mass is 16.6. The summed E-state index contributed by atoms with van der Waals surface area (Å²) in [7, 11) is 0. The number of hydroxylamine groups is 4. The zero-order chi connectivity index (χ0) is 17.3. The third kappa shape index (κ3) is 3.04. The van der Waals surface area contributed by atoms with E-state index in [1.165, 1.54) is 29.7 Å². The molecule has 0 heterocycles. The highest BCUT2D eigenvalue weighted by molar-refractivity contribution is 5.97. The molecule has 0 radical (unpaired) electrons. The second-order valence-corrected chi connectivity index (χ2v) is 7.30. The molecule has 122 valence electrons. The third-order valence-corrected chi connectivity index (χ3v) is 3.71. The Bertz CT molecular complexity index is 569. The van der Waals surface area contributed by atoms with Gasteiger partial charge in [-0.25, -0.2) is 15.5 Å². The van der Waals surface area contributed by atoms with Gasteiger partial charge >= 0.3 is 5.91 Å². The lowest BCUT2D eigenvalue weighted by atomic mass is 9.92. The summed E-state index contributed by atoms with van der Waals surface area (Å²) in [6.07, 6.45) is 0. The molecule has 3 N–H and O–H groups in total. The van der Waals surface area contributed by atoms with Gasteiger partial charge in [-0.1, -0.05) is 6.07 Å². The average Bonchev–Trinajstić information content (AvgIpc) is 2.42. The van der Waals surface area contributed by atoms with E-state index >= 15 is 0 Å². The van der Waals surface area contributed by atoms with Crippen LogP contribution in [0.15, 0.2) is 24.3 Å².